The summed E-state index contributed by atoms with van der Waals surface area (Å²) in [6, 6.07) is 15.8. The Bertz CT molecular complexity index is 814. The van der Waals surface area contributed by atoms with E-state index in [-0.39, 0.29) is 5.91 Å². The van der Waals surface area contributed by atoms with Gasteiger partial charge in [0.25, 0.3) is 0 Å². The maximum Gasteiger partial charge on any atom is 0.224 e. The molecule has 0 radical (unpaired) electrons. The topological polar surface area (TPSA) is 54.9 Å². The number of hydrogen-bond acceptors (Lipinski definition) is 3. The van der Waals surface area contributed by atoms with E-state index in [0.717, 1.165) is 27.9 Å². The van der Waals surface area contributed by atoms with Crippen molar-refractivity contribution in [2.45, 2.75) is 19.9 Å². The summed E-state index contributed by atoms with van der Waals surface area (Å²) in [6.45, 7) is 2.42. The average Bonchev–Trinajstić information content (AvgIpc) is 2.63. The number of aromatic nitrogens is 2. The zero-order valence-electron chi connectivity index (χ0n) is 13.6. The van der Waals surface area contributed by atoms with Gasteiger partial charge in [-0.05, 0) is 35.7 Å². The third kappa shape index (κ3) is 4.04. The Balaban J connectivity index is 1.66. The van der Waals surface area contributed by atoms with Gasteiger partial charge in [-0.3, -0.25) is 14.8 Å². The number of nitrogens with one attached hydrogen (secondary N) is 1. The van der Waals surface area contributed by atoms with E-state index in [4.69, 9.17) is 0 Å². The van der Waals surface area contributed by atoms with E-state index in [9.17, 15) is 4.79 Å². The second-order valence-corrected chi connectivity index (χ2v) is 5.66. The summed E-state index contributed by atoms with van der Waals surface area (Å²) < 4.78 is 0. The molecule has 0 saturated carbocycles. The van der Waals surface area contributed by atoms with E-state index in [2.05, 4.69) is 15.3 Å². The molecule has 1 N–H and O–H groups in total. The van der Waals surface area contributed by atoms with E-state index in [1.54, 1.807) is 12.4 Å². The molecule has 1 aromatic carbocycles. The smallest absolute Gasteiger partial charge is 0.224 e. The lowest BCUT2D eigenvalue weighted by atomic mass is 10.0. The Morgan fingerprint density at radius 2 is 1.92 bits per heavy atom. The maximum atomic E-state index is 12.2. The molecule has 0 bridgehead atoms. The van der Waals surface area contributed by atoms with Crippen LogP contribution in [0, 0.1) is 6.92 Å². The van der Waals surface area contributed by atoms with Gasteiger partial charge in [0, 0.05) is 36.4 Å². The predicted molar refractivity (Wildman–Crippen MR) is 94.2 cm³/mol. The Morgan fingerprint density at radius 3 is 2.67 bits per heavy atom. The molecule has 0 atom stereocenters. The van der Waals surface area contributed by atoms with Crippen LogP contribution < -0.4 is 5.32 Å². The monoisotopic (exact) mass is 317 g/mol. The molecule has 3 aromatic rings. The summed E-state index contributed by atoms with van der Waals surface area (Å²) in [6.07, 6.45) is 5.67. The summed E-state index contributed by atoms with van der Waals surface area (Å²) in [5.41, 5.74) is 5.07. The fraction of sp³-hybridized carbons (Fsp3) is 0.150. The van der Waals surface area contributed by atoms with Crippen LogP contribution in [0.5, 0.6) is 0 Å². The minimum Gasteiger partial charge on any atom is -0.352 e. The van der Waals surface area contributed by atoms with Crippen molar-refractivity contribution in [3.63, 3.8) is 0 Å². The molecule has 0 spiro atoms. The van der Waals surface area contributed by atoms with Gasteiger partial charge in [0.15, 0.2) is 0 Å². The van der Waals surface area contributed by atoms with Gasteiger partial charge in [0.1, 0.15) is 0 Å². The summed E-state index contributed by atoms with van der Waals surface area (Å²) in [5.74, 6) is -0.0124. The number of hydrogen-bond donors (Lipinski definition) is 1. The van der Waals surface area contributed by atoms with Crippen molar-refractivity contribution < 1.29 is 4.79 Å². The highest BCUT2D eigenvalue weighted by Crippen LogP contribution is 2.22. The molecule has 4 heteroatoms. The second kappa shape index (κ2) is 7.51. The van der Waals surface area contributed by atoms with Gasteiger partial charge in [-0.25, -0.2) is 0 Å². The molecule has 1 amide bonds. The fourth-order valence-electron chi connectivity index (χ4n) is 2.52. The number of benzene rings is 1. The van der Waals surface area contributed by atoms with Crippen molar-refractivity contribution in [3.8, 4) is 11.1 Å². The first-order valence-electron chi connectivity index (χ1n) is 7.89. The molecule has 24 heavy (non-hydrogen) atoms. The summed E-state index contributed by atoms with van der Waals surface area (Å²) in [4.78, 5) is 20.6. The normalized spacial score (nSPS) is 10.4. The largest absolute Gasteiger partial charge is 0.352 e. The minimum atomic E-state index is -0.0124. The Kier molecular flexibility index (Phi) is 4.96. The lowest BCUT2D eigenvalue weighted by molar-refractivity contribution is -0.120. The van der Waals surface area contributed by atoms with Crippen molar-refractivity contribution >= 4 is 5.91 Å². The first-order valence-corrected chi connectivity index (χ1v) is 7.89. The fourth-order valence-corrected chi connectivity index (χ4v) is 2.52. The number of nitrogens with zero attached hydrogens (tertiary/aromatic N) is 2. The quantitative estimate of drug-likeness (QED) is 0.785. The summed E-state index contributed by atoms with van der Waals surface area (Å²) >= 11 is 0. The van der Waals surface area contributed by atoms with E-state index >= 15 is 0 Å². The van der Waals surface area contributed by atoms with Gasteiger partial charge in [-0.2, -0.15) is 0 Å². The molecule has 0 aliphatic rings. The van der Waals surface area contributed by atoms with E-state index in [1.807, 2.05) is 61.7 Å². The number of pyridine rings is 2. The van der Waals surface area contributed by atoms with Crippen LogP contribution in [0.3, 0.4) is 0 Å². The van der Waals surface area contributed by atoms with Gasteiger partial charge in [-0.15, -0.1) is 0 Å². The molecule has 4 nitrogen and oxygen atoms in total. The van der Waals surface area contributed by atoms with Crippen LogP contribution in [0.25, 0.3) is 11.1 Å². The molecule has 0 unspecified atom stereocenters. The Labute approximate surface area is 141 Å². The molecule has 3 rings (SSSR count). The van der Waals surface area contributed by atoms with Crippen molar-refractivity contribution in [3.05, 3.63) is 83.9 Å². The van der Waals surface area contributed by atoms with E-state index in [1.165, 1.54) is 0 Å². The van der Waals surface area contributed by atoms with Crippen molar-refractivity contribution in [2.75, 3.05) is 0 Å². The first-order chi connectivity index (χ1) is 11.7. The minimum absolute atomic E-state index is 0.0124. The highest BCUT2D eigenvalue weighted by Gasteiger charge is 2.07. The van der Waals surface area contributed by atoms with Crippen LogP contribution in [0.2, 0.25) is 0 Å². The lowest BCUT2D eigenvalue weighted by Crippen LogP contribution is -2.24. The van der Waals surface area contributed by atoms with Gasteiger partial charge in [0.2, 0.25) is 5.91 Å². The molecule has 0 aliphatic heterocycles. The summed E-state index contributed by atoms with van der Waals surface area (Å²) in [7, 11) is 0. The Morgan fingerprint density at radius 1 is 1.04 bits per heavy atom. The highest BCUT2D eigenvalue weighted by molar-refractivity contribution is 5.79. The van der Waals surface area contributed by atoms with E-state index in [0.29, 0.717) is 13.0 Å². The number of aryl methyl sites for hydroxylation is 1. The zero-order valence-corrected chi connectivity index (χ0v) is 13.6. The predicted octanol–water partition coefficient (Wildman–Crippen LogP) is 3.31. The molecule has 0 saturated heterocycles. The molecular formula is C20H19N3O. The van der Waals surface area contributed by atoms with Crippen molar-refractivity contribution in [1.82, 2.24) is 15.3 Å². The number of carbonyl (C=O) groups excluding carboxylic acids is 1. The van der Waals surface area contributed by atoms with Crippen molar-refractivity contribution in [1.29, 1.82) is 0 Å². The molecule has 2 aromatic heterocycles. The SMILES string of the molecule is Cc1ccc(CC(=O)NCc2ccccc2-c2cccnc2)cn1. The van der Waals surface area contributed by atoms with Crippen LogP contribution in [0.15, 0.2) is 67.1 Å². The number of amides is 1. The molecular weight excluding hydrogens is 298 g/mol. The first kappa shape index (κ1) is 15.9. The standard InChI is InChI=1S/C20H19N3O/c1-15-8-9-16(12-22-15)11-20(24)23-14-18-5-2-3-7-19(18)17-6-4-10-21-13-17/h2-10,12-13H,11,14H2,1H3,(H,23,24). The summed E-state index contributed by atoms with van der Waals surface area (Å²) in [5, 5.41) is 2.99. The van der Waals surface area contributed by atoms with Gasteiger partial charge in [-0.1, -0.05) is 36.4 Å². The molecule has 2 heterocycles. The number of rotatable bonds is 5. The van der Waals surface area contributed by atoms with Gasteiger partial charge < -0.3 is 5.32 Å². The van der Waals surface area contributed by atoms with Crippen molar-refractivity contribution in [2.24, 2.45) is 0 Å². The average molecular weight is 317 g/mol. The molecule has 0 fully saturated rings. The van der Waals surface area contributed by atoms with Gasteiger partial charge >= 0.3 is 0 Å². The van der Waals surface area contributed by atoms with E-state index < -0.39 is 0 Å². The lowest BCUT2D eigenvalue weighted by Gasteiger charge is -2.11. The zero-order chi connectivity index (χ0) is 16.8. The van der Waals surface area contributed by atoms with Crippen LogP contribution in [0.1, 0.15) is 16.8 Å². The molecule has 0 aliphatic carbocycles. The number of carbonyl (C=O) groups is 1. The maximum absolute atomic E-state index is 12.2. The van der Waals surface area contributed by atoms with Crippen LogP contribution in [-0.2, 0) is 17.8 Å². The second-order valence-electron chi connectivity index (χ2n) is 5.66. The van der Waals surface area contributed by atoms with Crippen LogP contribution in [0.4, 0.5) is 0 Å². The highest BCUT2D eigenvalue weighted by atomic mass is 16.1. The van der Waals surface area contributed by atoms with Gasteiger partial charge in [0.05, 0.1) is 6.42 Å². The third-order valence-electron chi connectivity index (χ3n) is 3.80. The Hall–Kier alpha value is -3.01. The van der Waals surface area contributed by atoms with Crippen LogP contribution in [-0.4, -0.2) is 15.9 Å². The van der Waals surface area contributed by atoms with Crippen LogP contribution >= 0.6 is 0 Å². The third-order valence-corrected chi connectivity index (χ3v) is 3.80. The molecule has 120 valence electrons.